The Morgan fingerprint density at radius 3 is 2.42 bits per heavy atom. The number of likely N-dealkylation sites (tertiary alicyclic amines) is 1. The van der Waals surface area contributed by atoms with E-state index in [2.05, 4.69) is 5.32 Å². The summed E-state index contributed by atoms with van der Waals surface area (Å²) >= 11 is 0. The fourth-order valence-electron chi connectivity index (χ4n) is 3.90. The maximum absolute atomic E-state index is 13.2. The second-order valence-corrected chi connectivity index (χ2v) is 7.09. The molecule has 1 saturated heterocycles. The van der Waals surface area contributed by atoms with Crippen molar-refractivity contribution in [2.75, 3.05) is 13.1 Å². The maximum atomic E-state index is 13.2. The van der Waals surface area contributed by atoms with Crippen molar-refractivity contribution in [1.82, 2.24) is 10.2 Å². The van der Waals surface area contributed by atoms with Crippen LogP contribution in [0.1, 0.15) is 49.1 Å². The summed E-state index contributed by atoms with van der Waals surface area (Å²) in [5.41, 5.74) is 0. The molecular formula is C18H23F3N2O3. The Morgan fingerprint density at radius 1 is 1.12 bits per heavy atom. The summed E-state index contributed by atoms with van der Waals surface area (Å²) in [6, 6.07) is 2.38. The number of piperidine rings is 1. The average Bonchev–Trinajstić information content (AvgIpc) is 3.15. The van der Waals surface area contributed by atoms with Crippen molar-refractivity contribution in [3.05, 3.63) is 24.2 Å². The highest BCUT2D eigenvalue weighted by atomic mass is 19.4. The molecule has 0 aromatic carbocycles. The number of hydrogen-bond donors (Lipinski definition) is 1. The Kier molecular flexibility index (Phi) is 5.58. The number of carbonyl (C=O) groups is 2. The summed E-state index contributed by atoms with van der Waals surface area (Å²) in [6.45, 7) is 0.788. The molecule has 0 spiro atoms. The first kappa shape index (κ1) is 18.8. The number of halogens is 3. The maximum Gasteiger partial charge on any atom is 0.393 e. The molecule has 144 valence electrons. The van der Waals surface area contributed by atoms with Crippen LogP contribution in [0.2, 0.25) is 0 Å². The Bertz CT molecular complexity index is 622. The zero-order valence-corrected chi connectivity index (χ0v) is 14.4. The lowest BCUT2D eigenvalue weighted by Gasteiger charge is -2.36. The van der Waals surface area contributed by atoms with Crippen molar-refractivity contribution in [1.29, 1.82) is 0 Å². The van der Waals surface area contributed by atoms with Gasteiger partial charge in [0, 0.05) is 25.0 Å². The quantitative estimate of drug-likeness (QED) is 0.885. The smallest absolute Gasteiger partial charge is 0.393 e. The molecule has 0 unspecified atom stereocenters. The third kappa shape index (κ3) is 4.22. The number of nitrogens with one attached hydrogen (secondary N) is 1. The van der Waals surface area contributed by atoms with E-state index in [4.69, 9.17) is 4.42 Å². The van der Waals surface area contributed by atoms with Gasteiger partial charge in [0.05, 0.1) is 12.2 Å². The molecule has 26 heavy (non-hydrogen) atoms. The number of amides is 2. The monoisotopic (exact) mass is 372 g/mol. The first-order chi connectivity index (χ1) is 12.4. The van der Waals surface area contributed by atoms with E-state index < -0.39 is 18.1 Å². The van der Waals surface area contributed by atoms with Gasteiger partial charge in [-0.2, -0.15) is 13.2 Å². The average molecular weight is 372 g/mol. The number of carbonyl (C=O) groups excluding carboxylic acids is 2. The molecule has 0 radical (unpaired) electrons. The molecule has 8 heteroatoms. The lowest BCUT2D eigenvalue weighted by molar-refractivity contribution is -0.189. The topological polar surface area (TPSA) is 62.6 Å². The van der Waals surface area contributed by atoms with Crippen molar-refractivity contribution < 1.29 is 27.2 Å². The van der Waals surface area contributed by atoms with Crippen molar-refractivity contribution in [3.8, 4) is 0 Å². The third-order valence-electron chi connectivity index (χ3n) is 5.40. The van der Waals surface area contributed by atoms with Gasteiger partial charge in [-0.15, -0.1) is 0 Å². The van der Waals surface area contributed by atoms with Crippen LogP contribution in [0.4, 0.5) is 13.2 Å². The van der Waals surface area contributed by atoms with Gasteiger partial charge in [-0.3, -0.25) is 9.59 Å². The molecule has 1 aromatic heterocycles. The fourth-order valence-corrected chi connectivity index (χ4v) is 3.90. The Hall–Kier alpha value is -1.99. The van der Waals surface area contributed by atoms with E-state index in [0.29, 0.717) is 45.2 Å². The molecule has 0 bridgehead atoms. The number of rotatable bonds is 3. The van der Waals surface area contributed by atoms with Crippen LogP contribution in [-0.2, 0) is 4.79 Å². The van der Waals surface area contributed by atoms with Crippen LogP contribution in [-0.4, -0.2) is 42.0 Å². The highest BCUT2D eigenvalue weighted by Crippen LogP contribution is 2.38. The van der Waals surface area contributed by atoms with Crippen LogP contribution in [0.25, 0.3) is 0 Å². The summed E-state index contributed by atoms with van der Waals surface area (Å²) in [7, 11) is 0. The Morgan fingerprint density at radius 2 is 1.81 bits per heavy atom. The number of hydrogen-bond acceptors (Lipinski definition) is 3. The number of furan rings is 1. The molecule has 1 aliphatic carbocycles. The van der Waals surface area contributed by atoms with Crippen molar-refractivity contribution in [2.24, 2.45) is 11.8 Å². The minimum Gasteiger partial charge on any atom is -0.459 e. The summed E-state index contributed by atoms with van der Waals surface area (Å²) in [5, 5.41) is 2.64. The predicted octanol–water partition coefficient (Wildman–Crippen LogP) is 3.37. The molecule has 2 heterocycles. The van der Waals surface area contributed by atoms with E-state index in [0.717, 1.165) is 0 Å². The second-order valence-electron chi connectivity index (χ2n) is 7.09. The fraction of sp³-hybridized carbons (Fsp3) is 0.667. The standard InChI is InChI=1S/C18H23F3N2O3/c19-18(20,21)13-4-1-2-5-14(13)22-16(24)12-7-9-23(10-8-12)17(25)15-6-3-11-26-15/h3,6,11-14H,1-2,4-5,7-10H2,(H,22,24)/t13-,14-/m1/s1. The lowest BCUT2D eigenvalue weighted by Crippen LogP contribution is -2.51. The molecule has 2 aliphatic rings. The van der Waals surface area contributed by atoms with Crippen LogP contribution < -0.4 is 5.32 Å². The first-order valence-corrected chi connectivity index (χ1v) is 9.06. The van der Waals surface area contributed by atoms with Crippen molar-refractivity contribution in [2.45, 2.75) is 50.7 Å². The lowest BCUT2D eigenvalue weighted by atomic mass is 9.83. The predicted molar refractivity (Wildman–Crippen MR) is 87.3 cm³/mol. The number of alkyl halides is 3. The molecule has 1 saturated carbocycles. The van der Waals surface area contributed by atoms with E-state index in [1.54, 1.807) is 17.0 Å². The third-order valence-corrected chi connectivity index (χ3v) is 5.40. The van der Waals surface area contributed by atoms with Crippen LogP contribution in [0.15, 0.2) is 22.8 Å². The normalized spacial score (nSPS) is 25.1. The van der Waals surface area contributed by atoms with Gasteiger partial charge in [0.25, 0.3) is 5.91 Å². The second kappa shape index (κ2) is 7.72. The molecule has 2 amide bonds. The molecule has 3 rings (SSSR count). The van der Waals surface area contributed by atoms with Gasteiger partial charge in [-0.1, -0.05) is 12.8 Å². The zero-order valence-electron chi connectivity index (χ0n) is 14.4. The summed E-state index contributed by atoms with van der Waals surface area (Å²) in [6.07, 6.45) is -0.275. The summed E-state index contributed by atoms with van der Waals surface area (Å²) in [5.74, 6) is -2.11. The van der Waals surface area contributed by atoms with Crippen LogP contribution in [0.3, 0.4) is 0 Å². The van der Waals surface area contributed by atoms with E-state index in [9.17, 15) is 22.8 Å². The Labute approximate surface area is 149 Å². The SMILES string of the molecule is O=C(N[C@@H]1CCCC[C@H]1C(F)(F)F)C1CCN(C(=O)c2ccco2)CC1. The largest absolute Gasteiger partial charge is 0.459 e. The van der Waals surface area contributed by atoms with Crippen LogP contribution in [0, 0.1) is 11.8 Å². The minimum absolute atomic E-state index is 0.0739. The van der Waals surface area contributed by atoms with Crippen molar-refractivity contribution >= 4 is 11.8 Å². The van der Waals surface area contributed by atoms with Gasteiger partial charge < -0.3 is 14.6 Å². The summed E-state index contributed by atoms with van der Waals surface area (Å²) in [4.78, 5) is 26.3. The van der Waals surface area contributed by atoms with Crippen LogP contribution >= 0.6 is 0 Å². The number of nitrogens with zero attached hydrogens (tertiary/aromatic N) is 1. The highest BCUT2D eigenvalue weighted by molar-refractivity contribution is 5.91. The summed E-state index contributed by atoms with van der Waals surface area (Å²) < 4.78 is 44.6. The highest BCUT2D eigenvalue weighted by Gasteiger charge is 2.46. The van der Waals surface area contributed by atoms with Gasteiger partial charge in [0.1, 0.15) is 0 Å². The van der Waals surface area contributed by atoms with Gasteiger partial charge >= 0.3 is 6.18 Å². The molecular weight excluding hydrogens is 349 g/mol. The van der Waals surface area contributed by atoms with Gasteiger partial charge in [0.15, 0.2) is 5.76 Å². The van der Waals surface area contributed by atoms with E-state index in [1.807, 2.05) is 0 Å². The van der Waals surface area contributed by atoms with Crippen molar-refractivity contribution in [3.63, 3.8) is 0 Å². The molecule has 2 fully saturated rings. The van der Waals surface area contributed by atoms with Gasteiger partial charge in [-0.05, 0) is 37.8 Å². The molecule has 2 atom stereocenters. The molecule has 1 N–H and O–H groups in total. The molecule has 5 nitrogen and oxygen atoms in total. The first-order valence-electron chi connectivity index (χ1n) is 9.06. The van der Waals surface area contributed by atoms with E-state index in [1.165, 1.54) is 6.26 Å². The molecule has 1 aliphatic heterocycles. The zero-order chi connectivity index (χ0) is 18.7. The van der Waals surface area contributed by atoms with E-state index >= 15 is 0 Å². The van der Waals surface area contributed by atoms with Gasteiger partial charge in [-0.25, -0.2) is 0 Å². The van der Waals surface area contributed by atoms with E-state index in [-0.39, 0.29) is 29.9 Å². The minimum atomic E-state index is -4.28. The van der Waals surface area contributed by atoms with Gasteiger partial charge in [0.2, 0.25) is 5.91 Å². The molecule has 1 aromatic rings. The Balaban J connectivity index is 1.52. The van der Waals surface area contributed by atoms with Crippen LogP contribution in [0.5, 0.6) is 0 Å².